The normalized spacial score (nSPS) is 18.4. The smallest absolute Gasteiger partial charge is 0.254 e. The minimum Gasteiger partial charge on any atom is -0.497 e. The van der Waals surface area contributed by atoms with Crippen molar-refractivity contribution in [1.29, 1.82) is 0 Å². The molecule has 1 aliphatic heterocycles. The fraction of sp³-hybridized carbons (Fsp3) is 0.440. The lowest BCUT2D eigenvalue weighted by Gasteiger charge is -2.40. The molecule has 2 fully saturated rings. The van der Waals surface area contributed by atoms with Crippen molar-refractivity contribution in [2.24, 2.45) is 5.92 Å². The van der Waals surface area contributed by atoms with Crippen LogP contribution in [0.5, 0.6) is 5.75 Å². The van der Waals surface area contributed by atoms with E-state index in [0.717, 1.165) is 25.7 Å². The van der Waals surface area contributed by atoms with Gasteiger partial charge in [0, 0.05) is 37.4 Å². The predicted molar refractivity (Wildman–Crippen MR) is 121 cm³/mol. The second-order valence-electron chi connectivity index (χ2n) is 8.55. The summed E-state index contributed by atoms with van der Waals surface area (Å²) in [6, 6.07) is 12.8. The molecule has 1 heterocycles. The Bertz CT molecular complexity index is 936. The lowest BCUT2D eigenvalue weighted by molar-refractivity contribution is -0.123. The van der Waals surface area contributed by atoms with Crippen molar-refractivity contribution in [3.63, 3.8) is 0 Å². The van der Waals surface area contributed by atoms with Crippen LogP contribution in [0.25, 0.3) is 0 Å². The highest BCUT2D eigenvalue weighted by Gasteiger charge is 2.37. The van der Waals surface area contributed by atoms with Gasteiger partial charge in [-0.05, 0) is 61.2 Å². The third-order valence-electron chi connectivity index (χ3n) is 6.54. The van der Waals surface area contributed by atoms with Gasteiger partial charge in [-0.1, -0.05) is 18.9 Å². The average Bonchev–Trinajstić information content (AvgIpc) is 3.35. The number of methoxy groups -OCH3 is 1. The van der Waals surface area contributed by atoms with Gasteiger partial charge in [0.15, 0.2) is 0 Å². The molecule has 1 N–H and O–H groups in total. The van der Waals surface area contributed by atoms with E-state index in [1.54, 1.807) is 31.4 Å². The zero-order valence-electron chi connectivity index (χ0n) is 18.4. The third kappa shape index (κ3) is 5.10. The van der Waals surface area contributed by atoms with E-state index < -0.39 is 0 Å². The first-order valence-corrected chi connectivity index (χ1v) is 11.3. The van der Waals surface area contributed by atoms with Gasteiger partial charge < -0.3 is 15.0 Å². The Balaban J connectivity index is 1.42. The van der Waals surface area contributed by atoms with Crippen molar-refractivity contribution in [2.75, 3.05) is 38.6 Å². The van der Waals surface area contributed by atoms with E-state index in [9.17, 15) is 14.0 Å². The van der Waals surface area contributed by atoms with Crippen molar-refractivity contribution in [2.45, 2.75) is 31.7 Å². The largest absolute Gasteiger partial charge is 0.497 e. The average molecular weight is 440 g/mol. The molecule has 170 valence electrons. The van der Waals surface area contributed by atoms with Crippen molar-refractivity contribution in [3.05, 3.63) is 59.9 Å². The van der Waals surface area contributed by atoms with E-state index in [-0.39, 0.29) is 23.7 Å². The molecule has 2 aliphatic rings. The molecule has 4 rings (SSSR count). The second-order valence-corrected chi connectivity index (χ2v) is 8.55. The number of nitrogens with zero attached hydrogens (tertiary/aromatic N) is 2. The number of hydrogen-bond donors (Lipinski definition) is 1. The van der Waals surface area contributed by atoms with E-state index in [2.05, 4.69) is 10.2 Å². The van der Waals surface area contributed by atoms with Gasteiger partial charge in [-0.25, -0.2) is 4.39 Å². The fourth-order valence-corrected chi connectivity index (χ4v) is 4.84. The van der Waals surface area contributed by atoms with Gasteiger partial charge in [-0.15, -0.1) is 0 Å². The van der Waals surface area contributed by atoms with Crippen LogP contribution in [0.15, 0.2) is 48.5 Å². The maximum Gasteiger partial charge on any atom is 0.254 e. The van der Waals surface area contributed by atoms with Crippen LogP contribution in [-0.2, 0) is 4.79 Å². The molecule has 6 nitrogen and oxygen atoms in total. The van der Waals surface area contributed by atoms with Crippen molar-refractivity contribution in [3.8, 4) is 5.75 Å². The van der Waals surface area contributed by atoms with E-state index in [4.69, 9.17) is 4.74 Å². The maximum absolute atomic E-state index is 13.3. The SMILES string of the molecule is COc1cccc(C(=O)N2CCN(C(C(=O)Nc3ccc(F)cc3)C3CCCC3)CC2)c1. The first kappa shape index (κ1) is 22.3. The first-order chi connectivity index (χ1) is 15.5. The zero-order chi connectivity index (χ0) is 22.5. The molecule has 1 saturated carbocycles. The molecule has 0 spiro atoms. The summed E-state index contributed by atoms with van der Waals surface area (Å²) in [6.07, 6.45) is 4.34. The Labute approximate surface area is 188 Å². The summed E-state index contributed by atoms with van der Waals surface area (Å²) in [5.41, 5.74) is 1.21. The maximum atomic E-state index is 13.3. The Hall–Kier alpha value is -2.93. The third-order valence-corrected chi connectivity index (χ3v) is 6.54. The molecule has 2 aromatic rings. The summed E-state index contributed by atoms with van der Waals surface area (Å²) in [6.45, 7) is 2.44. The summed E-state index contributed by atoms with van der Waals surface area (Å²) in [5.74, 6) is 0.573. The van der Waals surface area contributed by atoms with Gasteiger partial charge in [0.1, 0.15) is 11.6 Å². The zero-order valence-corrected chi connectivity index (χ0v) is 18.4. The number of amides is 2. The highest BCUT2D eigenvalue weighted by atomic mass is 19.1. The Morgan fingerprint density at radius 3 is 2.38 bits per heavy atom. The van der Waals surface area contributed by atoms with E-state index >= 15 is 0 Å². The van der Waals surface area contributed by atoms with Crippen LogP contribution in [0.3, 0.4) is 0 Å². The minimum atomic E-state index is -0.327. The number of ether oxygens (including phenoxy) is 1. The quantitative estimate of drug-likeness (QED) is 0.744. The molecule has 1 atom stereocenters. The monoisotopic (exact) mass is 439 g/mol. The van der Waals surface area contributed by atoms with Crippen LogP contribution in [0.2, 0.25) is 0 Å². The Kier molecular flexibility index (Phi) is 7.05. The molecule has 7 heteroatoms. The Morgan fingerprint density at radius 2 is 1.72 bits per heavy atom. The lowest BCUT2D eigenvalue weighted by atomic mass is 9.94. The molecule has 0 radical (unpaired) electrons. The summed E-state index contributed by atoms with van der Waals surface area (Å²) < 4.78 is 18.5. The minimum absolute atomic E-state index is 0.0169. The molecular formula is C25H30FN3O3. The summed E-state index contributed by atoms with van der Waals surface area (Å²) in [5, 5.41) is 2.97. The van der Waals surface area contributed by atoms with Crippen LogP contribution in [-0.4, -0.2) is 60.9 Å². The molecule has 1 unspecified atom stereocenters. The number of benzene rings is 2. The van der Waals surface area contributed by atoms with E-state index in [1.807, 2.05) is 17.0 Å². The van der Waals surface area contributed by atoms with Gasteiger partial charge in [-0.2, -0.15) is 0 Å². The summed E-state index contributed by atoms with van der Waals surface area (Å²) in [4.78, 5) is 30.3. The van der Waals surface area contributed by atoms with Crippen LogP contribution in [0.4, 0.5) is 10.1 Å². The molecule has 2 aromatic carbocycles. The molecule has 1 saturated heterocycles. The van der Waals surface area contributed by atoms with Crippen molar-refractivity contribution < 1.29 is 18.7 Å². The molecule has 2 amide bonds. The molecule has 1 aliphatic carbocycles. The number of hydrogen-bond acceptors (Lipinski definition) is 4. The molecule has 0 bridgehead atoms. The van der Waals surface area contributed by atoms with Crippen molar-refractivity contribution >= 4 is 17.5 Å². The number of carbonyl (C=O) groups excluding carboxylic acids is 2. The van der Waals surface area contributed by atoms with E-state index in [0.29, 0.717) is 49.1 Å². The highest BCUT2D eigenvalue weighted by molar-refractivity contribution is 5.96. The van der Waals surface area contributed by atoms with E-state index in [1.165, 1.54) is 12.1 Å². The van der Waals surface area contributed by atoms with Gasteiger partial charge in [0.25, 0.3) is 5.91 Å². The summed E-state index contributed by atoms with van der Waals surface area (Å²) in [7, 11) is 1.59. The van der Waals surface area contributed by atoms with Gasteiger partial charge in [0.05, 0.1) is 13.2 Å². The van der Waals surface area contributed by atoms with Gasteiger partial charge >= 0.3 is 0 Å². The molecule has 32 heavy (non-hydrogen) atoms. The number of piperazine rings is 1. The number of halogens is 1. The summed E-state index contributed by atoms with van der Waals surface area (Å²) >= 11 is 0. The van der Waals surface area contributed by atoms with Crippen molar-refractivity contribution in [1.82, 2.24) is 9.80 Å². The molecular weight excluding hydrogens is 409 g/mol. The fourth-order valence-electron chi connectivity index (χ4n) is 4.84. The van der Waals surface area contributed by atoms with Gasteiger partial charge in [-0.3, -0.25) is 14.5 Å². The first-order valence-electron chi connectivity index (χ1n) is 11.3. The standard InChI is InChI=1S/C25H30FN3O3/c1-32-22-8-4-7-19(17-22)25(31)29-15-13-28(14-16-29)23(18-5-2-3-6-18)24(30)27-21-11-9-20(26)10-12-21/h4,7-12,17-18,23H,2-3,5-6,13-16H2,1H3,(H,27,30). The number of carbonyl (C=O) groups is 2. The van der Waals surface area contributed by atoms with Crippen LogP contribution in [0, 0.1) is 11.7 Å². The number of rotatable bonds is 6. The van der Waals surface area contributed by atoms with Crippen LogP contribution in [0.1, 0.15) is 36.0 Å². The number of anilines is 1. The van der Waals surface area contributed by atoms with Gasteiger partial charge in [0.2, 0.25) is 5.91 Å². The Morgan fingerprint density at radius 1 is 1.03 bits per heavy atom. The molecule has 0 aromatic heterocycles. The lowest BCUT2D eigenvalue weighted by Crippen LogP contribution is -2.56. The predicted octanol–water partition coefficient (Wildman–Crippen LogP) is 3.79. The highest BCUT2D eigenvalue weighted by Crippen LogP contribution is 2.32. The van der Waals surface area contributed by atoms with Crippen LogP contribution >= 0.6 is 0 Å². The number of nitrogens with one attached hydrogen (secondary N) is 1. The second kappa shape index (κ2) is 10.1. The van der Waals surface area contributed by atoms with Crippen LogP contribution < -0.4 is 10.1 Å². The topological polar surface area (TPSA) is 61.9 Å².